The maximum atomic E-state index is 9.84. The molecule has 0 aliphatic carbocycles. The Morgan fingerprint density at radius 2 is 2.12 bits per heavy atom. The molecule has 0 unspecified atom stereocenters. The summed E-state index contributed by atoms with van der Waals surface area (Å²) in [5.74, 6) is 1.11. The number of piperazine rings is 1. The molecule has 0 spiro atoms. The molecule has 0 amide bonds. The summed E-state index contributed by atoms with van der Waals surface area (Å²) in [6.45, 7) is 5.23. The van der Waals surface area contributed by atoms with E-state index in [9.17, 15) is 5.11 Å². The van der Waals surface area contributed by atoms with Crippen LogP contribution in [0, 0.1) is 0 Å². The molecule has 0 aromatic heterocycles. The number of hydrogen-bond donors (Lipinski definition) is 2. The van der Waals surface area contributed by atoms with Crippen LogP contribution < -0.4 is 10.1 Å². The van der Waals surface area contributed by atoms with E-state index in [0.717, 1.165) is 50.5 Å². The first-order chi connectivity index (χ1) is 8.31. The zero-order chi connectivity index (χ0) is 12.1. The summed E-state index contributed by atoms with van der Waals surface area (Å²) in [7, 11) is 1.64. The number of rotatable bonds is 4. The Bertz CT molecular complexity index is 362. The summed E-state index contributed by atoms with van der Waals surface area (Å²) in [5.41, 5.74) is 0.911. The number of ether oxygens (including phenoxy) is 1. The molecule has 2 N–H and O–H groups in total. The first-order valence-electron chi connectivity index (χ1n) is 6.09. The second kappa shape index (κ2) is 5.89. The van der Waals surface area contributed by atoms with Crippen molar-refractivity contribution in [3.63, 3.8) is 0 Å². The number of hydrogen-bond acceptors (Lipinski definition) is 4. The van der Waals surface area contributed by atoms with Crippen LogP contribution >= 0.6 is 0 Å². The van der Waals surface area contributed by atoms with Crippen molar-refractivity contribution in [3.8, 4) is 11.5 Å². The second-order valence-corrected chi connectivity index (χ2v) is 4.30. The van der Waals surface area contributed by atoms with E-state index < -0.39 is 0 Å². The van der Waals surface area contributed by atoms with Crippen molar-refractivity contribution in [1.82, 2.24) is 10.2 Å². The number of aromatic hydroxyl groups is 1. The van der Waals surface area contributed by atoms with Crippen LogP contribution in [0.5, 0.6) is 11.5 Å². The van der Waals surface area contributed by atoms with Crippen LogP contribution in [0.4, 0.5) is 0 Å². The fraction of sp³-hybridized carbons (Fsp3) is 0.538. The summed E-state index contributed by atoms with van der Waals surface area (Å²) in [6, 6.07) is 5.42. The zero-order valence-electron chi connectivity index (χ0n) is 10.3. The van der Waals surface area contributed by atoms with Gasteiger partial charge in [0.15, 0.2) is 0 Å². The molecule has 4 heteroatoms. The standard InChI is InChI=1S/C13H20N2O2/c1-17-13-4-2-3-12(16)11(13)5-8-15-9-6-14-7-10-15/h2-4,14,16H,5-10H2,1H3. The number of nitrogens with one attached hydrogen (secondary N) is 1. The molecule has 1 aliphatic rings. The van der Waals surface area contributed by atoms with Crippen LogP contribution in [0.25, 0.3) is 0 Å². The Hall–Kier alpha value is -1.26. The summed E-state index contributed by atoms with van der Waals surface area (Å²) < 4.78 is 5.28. The van der Waals surface area contributed by atoms with Crippen molar-refractivity contribution in [1.29, 1.82) is 0 Å². The van der Waals surface area contributed by atoms with Gasteiger partial charge in [-0.25, -0.2) is 0 Å². The van der Waals surface area contributed by atoms with Crippen LogP contribution in [-0.4, -0.2) is 49.8 Å². The maximum Gasteiger partial charge on any atom is 0.125 e. The van der Waals surface area contributed by atoms with Gasteiger partial charge in [-0.15, -0.1) is 0 Å². The zero-order valence-corrected chi connectivity index (χ0v) is 10.3. The minimum atomic E-state index is 0.333. The van der Waals surface area contributed by atoms with Gasteiger partial charge in [-0.2, -0.15) is 0 Å². The van der Waals surface area contributed by atoms with E-state index in [1.165, 1.54) is 0 Å². The van der Waals surface area contributed by atoms with E-state index >= 15 is 0 Å². The van der Waals surface area contributed by atoms with Crippen LogP contribution in [-0.2, 0) is 6.42 Å². The summed E-state index contributed by atoms with van der Waals surface area (Å²) in [6.07, 6.45) is 0.829. The summed E-state index contributed by atoms with van der Waals surface area (Å²) in [4.78, 5) is 2.41. The second-order valence-electron chi connectivity index (χ2n) is 4.30. The molecule has 1 heterocycles. The van der Waals surface area contributed by atoms with Crippen LogP contribution in [0.3, 0.4) is 0 Å². The van der Waals surface area contributed by atoms with E-state index in [1.807, 2.05) is 12.1 Å². The molecule has 1 aliphatic heterocycles. The number of phenolic OH excluding ortho intramolecular Hbond substituents is 1. The van der Waals surface area contributed by atoms with Crippen molar-refractivity contribution in [2.75, 3.05) is 39.8 Å². The molecule has 1 aromatic carbocycles. The van der Waals surface area contributed by atoms with Crippen LogP contribution in [0.2, 0.25) is 0 Å². The van der Waals surface area contributed by atoms with Gasteiger partial charge in [0, 0.05) is 38.3 Å². The van der Waals surface area contributed by atoms with Crippen molar-refractivity contribution in [2.45, 2.75) is 6.42 Å². The third-order valence-electron chi connectivity index (χ3n) is 3.22. The highest BCUT2D eigenvalue weighted by molar-refractivity contribution is 5.44. The van der Waals surface area contributed by atoms with Gasteiger partial charge in [-0.05, 0) is 18.6 Å². The SMILES string of the molecule is COc1cccc(O)c1CCN1CCNCC1. The third-order valence-corrected chi connectivity index (χ3v) is 3.22. The van der Waals surface area contributed by atoms with E-state index in [0.29, 0.717) is 5.75 Å². The number of methoxy groups -OCH3 is 1. The van der Waals surface area contributed by atoms with E-state index in [2.05, 4.69) is 10.2 Å². The first kappa shape index (κ1) is 12.2. The Kier molecular flexibility index (Phi) is 4.23. The largest absolute Gasteiger partial charge is 0.508 e. The molecule has 94 valence electrons. The van der Waals surface area contributed by atoms with Gasteiger partial charge in [0.05, 0.1) is 7.11 Å². The highest BCUT2D eigenvalue weighted by Crippen LogP contribution is 2.27. The van der Waals surface area contributed by atoms with Crippen molar-refractivity contribution >= 4 is 0 Å². The number of phenols is 1. The lowest BCUT2D eigenvalue weighted by Crippen LogP contribution is -2.44. The average molecular weight is 236 g/mol. The topological polar surface area (TPSA) is 44.7 Å². The van der Waals surface area contributed by atoms with E-state index in [4.69, 9.17) is 4.74 Å². The lowest BCUT2D eigenvalue weighted by molar-refractivity contribution is 0.242. The van der Waals surface area contributed by atoms with E-state index in [-0.39, 0.29) is 0 Å². The summed E-state index contributed by atoms with van der Waals surface area (Å²) >= 11 is 0. The normalized spacial score (nSPS) is 17.0. The first-order valence-corrected chi connectivity index (χ1v) is 6.09. The molecular weight excluding hydrogens is 216 g/mol. The van der Waals surface area contributed by atoms with Gasteiger partial charge in [0.1, 0.15) is 11.5 Å². The smallest absolute Gasteiger partial charge is 0.125 e. The van der Waals surface area contributed by atoms with Gasteiger partial charge >= 0.3 is 0 Å². The lowest BCUT2D eigenvalue weighted by atomic mass is 10.1. The van der Waals surface area contributed by atoms with Gasteiger partial charge in [0.25, 0.3) is 0 Å². The van der Waals surface area contributed by atoms with Crippen LogP contribution in [0.15, 0.2) is 18.2 Å². The Morgan fingerprint density at radius 1 is 1.35 bits per heavy atom. The highest BCUT2D eigenvalue weighted by atomic mass is 16.5. The van der Waals surface area contributed by atoms with Crippen molar-refractivity contribution < 1.29 is 9.84 Å². The highest BCUT2D eigenvalue weighted by Gasteiger charge is 2.12. The quantitative estimate of drug-likeness (QED) is 0.813. The predicted octanol–water partition coefficient (Wildman–Crippen LogP) is 0.848. The maximum absolute atomic E-state index is 9.84. The molecular formula is C13H20N2O2. The monoisotopic (exact) mass is 236 g/mol. The molecule has 0 bridgehead atoms. The van der Waals surface area contributed by atoms with Gasteiger partial charge in [-0.1, -0.05) is 6.07 Å². The number of nitrogens with zero attached hydrogens (tertiary/aromatic N) is 1. The minimum absolute atomic E-state index is 0.333. The lowest BCUT2D eigenvalue weighted by Gasteiger charge is -2.27. The third kappa shape index (κ3) is 3.11. The Balaban J connectivity index is 1.97. The fourth-order valence-corrected chi connectivity index (χ4v) is 2.20. The number of benzene rings is 1. The molecule has 2 rings (SSSR count). The molecule has 1 saturated heterocycles. The molecule has 0 radical (unpaired) electrons. The molecule has 0 saturated carbocycles. The van der Waals surface area contributed by atoms with Crippen molar-refractivity contribution in [2.24, 2.45) is 0 Å². The summed E-state index contributed by atoms with van der Waals surface area (Å²) in [5, 5.41) is 13.2. The average Bonchev–Trinajstić information content (AvgIpc) is 2.38. The fourth-order valence-electron chi connectivity index (χ4n) is 2.20. The predicted molar refractivity (Wildman–Crippen MR) is 67.7 cm³/mol. The van der Waals surface area contributed by atoms with Gasteiger partial charge in [-0.3, -0.25) is 0 Å². The molecule has 1 aromatic rings. The Morgan fingerprint density at radius 3 is 2.82 bits per heavy atom. The van der Waals surface area contributed by atoms with E-state index in [1.54, 1.807) is 13.2 Å². The van der Waals surface area contributed by atoms with Crippen LogP contribution in [0.1, 0.15) is 5.56 Å². The van der Waals surface area contributed by atoms with Gasteiger partial charge < -0.3 is 20.1 Å². The van der Waals surface area contributed by atoms with Gasteiger partial charge in [0.2, 0.25) is 0 Å². The molecule has 0 atom stereocenters. The Labute approximate surface area is 102 Å². The molecule has 1 fully saturated rings. The minimum Gasteiger partial charge on any atom is -0.508 e. The van der Waals surface area contributed by atoms with Crippen molar-refractivity contribution in [3.05, 3.63) is 23.8 Å². The molecule has 4 nitrogen and oxygen atoms in total. The molecule has 17 heavy (non-hydrogen) atoms.